The molecule has 0 saturated carbocycles. The van der Waals surface area contributed by atoms with Gasteiger partial charge in [0, 0.05) is 36.1 Å². The molecule has 0 radical (unpaired) electrons. The molecule has 0 unspecified atom stereocenters. The monoisotopic (exact) mass is 417 g/mol. The Morgan fingerprint density at radius 2 is 2.00 bits per heavy atom. The smallest absolute Gasteiger partial charge is 0.258 e. The number of carbonyl (C=O) groups is 1. The second kappa shape index (κ2) is 7.61. The molecule has 2 heterocycles. The number of β-amino-alcohol motifs (C(OH)–C–C–N with tert-alkyl or cyclic N) is 1. The van der Waals surface area contributed by atoms with E-state index in [4.69, 9.17) is 4.52 Å². The Kier molecular flexibility index (Phi) is 4.89. The largest absolute Gasteiger partial charge is 0.395 e. The van der Waals surface area contributed by atoms with Crippen molar-refractivity contribution in [2.45, 2.75) is 44.4 Å². The summed E-state index contributed by atoms with van der Waals surface area (Å²) in [6.07, 6.45) is 2.32. The SMILES string of the molecule is CC(C)c1ccc(-c2nc(-c3cccc4c3CC[C@]43CC(=O)N(CCO)C3)no2)cc1. The Bertz CT molecular complexity index is 1120. The zero-order chi connectivity index (χ0) is 21.6. The van der Waals surface area contributed by atoms with Crippen molar-refractivity contribution in [3.63, 3.8) is 0 Å². The first kappa shape index (κ1) is 19.9. The van der Waals surface area contributed by atoms with Gasteiger partial charge in [-0.3, -0.25) is 4.79 Å². The molecule has 3 aromatic rings. The number of hydrogen-bond acceptors (Lipinski definition) is 5. The zero-order valence-corrected chi connectivity index (χ0v) is 18.0. The predicted octanol–water partition coefficient (Wildman–Crippen LogP) is 3.94. The molecule has 31 heavy (non-hydrogen) atoms. The van der Waals surface area contributed by atoms with E-state index < -0.39 is 0 Å². The minimum Gasteiger partial charge on any atom is -0.395 e. The molecule has 2 aromatic carbocycles. The number of nitrogens with zero attached hydrogens (tertiary/aromatic N) is 3. The van der Waals surface area contributed by atoms with Crippen molar-refractivity contribution >= 4 is 5.91 Å². The van der Waals surface area contributed by atoms with Gasteiger partial charge >= 0.3 is 0 Å². The summed E-state index contributed by atoms with van der Waals surface area (Å²) >= 11 is 0. The number of aromatic nitrogens is 2. The van der Waals surface area contributed by atoms with E-state index >= 15 is 0 Å². The van der Waals surface area contributed by atoms with E-state index in [1.807, 2.05) is 24.3 Å². The van der Waals surface area contributed by atoms with Crippen LogP contribution >= 0.6 is 0 Å². The van der Waals surface area contributed by atoms with Crippen LogP contribution in [0.1, 0.15) is 49.3 Å². The second-order valence-corrected chi connectivity index (χ2v) is 9.03. The van der Waals surface area contributed by atoms with Gasteiger partial charge in [0.2, 0.25) is 11.7 Å². The van der Waals surface area contributed by atoms with Crippen molar-refractivity contribution in [2.24, 2.45) is 0 Å². The molecule has 1 spiro atoms. The molecule has 1 amide bonds. The van der Waals surface area contributed by atoms with Crippen LogP contribution < -0.4 is 0 Å². The van der Waals surface area contributed by atoms with Gasteiger partial charge in [0.1, 0.15) is 0 Å². The van der Waals surface area contributed by atoms with E-state index in [9.17, 15) is 9.90 Å². The summed E-state index contributed by atoms with van der Waals surface area (Å²) in [6.45, 7) is 5.41. The van der Waals surface area contributed by atoms with E-state index in [0.717, 1.165) is 24.0 Å². The Morgan fingerprint density at radius 3 is 2.74 bits per heavy atom. The molecule has 1 atom stereocenters. The zero-order valence-electron chi connectivity index (χ0n) is 18.0. The summed E-state index contributed by atoms with van der Waals surface area (Å²) in [4.78, 5) is 19.0. The number of rotatable bonds is 5. The standard InChI is InChI=1S/C25H27N3O3/c1-16(2)17-6-8-18(9-7-17)24-26-23(27-31-24)20-4-3-5-21-19(20)10-11-25(21)14-22(30)28(15-25)12-13-29/h3-9,16,29H,10-15H2,1-2H3/t25-/m1/s1. The number of carbonyl (C=O) groups excluding carboxylic acids is 1. The van der Waals surface area contributed by atoms with Gasteiger partial charge in [0.25, 0.3) is 5.89 Å². The van der Waals surface area contributed by atoms with Crippen LogP contribution in [0.25, 0.3) is 22.8 Å². The van der Waals surface area contributed by atoms with Gasteiger partial charge in [-0.15, -0.1) is 0 Å². The Labute approximate surface area is 181 Å². The van der Waals surface area contributed by atoms with Crippen LogP contribution in [0.3, 0.4) is 0 Å². The fourth-order valence-corrected chi connectivity index (χ4v) is 5.11. The topological polar surface area (TPSA) is 79.5 Å². The summed E-state index contributed by atoms with van der Waals surface area (Å²) in [5, 5.41) is 13.6. The normalized spacial score (nSPS) is 20.3. The third kappa shape index (κ3) is 3.35. The lowest BCUT2D eigenvalue weighted by Gasteiger charge is -2.24. The summed E-state index contributed by atoms with van der Waals surface area (Å²) in [7, 11) is 0. The number of aliphatic hydroxyl groups is 1. The highest BCUT2D eigenvalue weighted by molar-refractivity contribution is 5.82. The summed E-state index contributed by atoms with van der Waals surface area (Å²) in [6, 6.07) is 14.4. The maximum absolute atomic E-state index is 12.5. The molecular formula is C25H27N3O3. The molecule has 1 fully saturated rings. The summed E-state index contributed by atoms with van der Waals surface area (Å²) in [5.74, 6) is 1.70. The van der Waals surface area contributed by atoms with Crippen LogP contribution in [-0.4, -0.2) is 45.8 Å². The lowest BCUT2D eigenvalue weighted by atomic mass is 9.80. The minimum atomic E-state index is -0.170. The highest BCUT2D eigenvalue weighted by Crippen LogP contribution is 2.48. The van der Waals surface area contributed by atoms with Crippen LogP contribution in [0.5, 0.6) is 0 Å². The van der Waals surface area contributed by atoms with Crippen LogP contribution in [-0.2, 0) is 16.6 Å². The number of fused-ring (bicyclic) bond motifs is 2. The van der Waals surface area contributed by atoms with Crippen LogP contribution in [0.2, 0.25) is 0 Å². The number of hydrogen-bond donors (Lipinski definition) is 1. The summed E-state index contributed by atoms with van der Waals surface area (Å²) in [5.41, 5.74) is 5.42. The lowest BCUT2D eigenvalue weighted by Crippen LogP contribution is -2.32. The minimum absolute atomic E-state index is 0.00149. The molecule has 1 N–H and O–H groups in total. The van der Waals surface area contributed by atoms with Gasteiger partial charge < -0.3 is 14.5 Å². The molecule has 2 aliphatic rings. The van der Waals surface area contributed by atoms with E-state index in [2.05, 4.69) is 42.2 Å². The van der Waals surface area contributed by atoms with Crippen molar-refractivity contribution in [3.05, 3.63) is 59.2 Å². The van der Waals surface area contributed by atoms with Crippen molar-refractivity contribution in [1.29, 1.82) is 0 Å². The quantitative estimate of drug-likeness (QED) is 0.680. The van der Waals surface area contributed by atoms with Gasteiger partial charge in [-0.25, -0.2) is 0 Å². The fraction of sp³-hybridized carbons (Fsp3) is 0.400. The highest BCUT2D eigenvalue weighted by Gasteiger charge is 2.48. The average molecular weight is 418 g/mol. The molecule has 1 saturated heterocycles. The van der Waals surface area contributed by atoms with E-state index in [-0.39, 0.29) is 17.9 Å². The van der Waals surface area contributed by atoms with Crippen molar-refractivity contribution < 1.29 is 14.4 Å². The van der Waals surface area contributed by atoms with E-state index in [1.54, 1.807) is 4.90 Å². The van der Waals surface area contributed by atoms with Crippen LogP contribution in [0.4, 0.5) is 0 Å². The molecule has 6 nitrogen and oxygen atoms in total. The van der Waals surface area contributed by atoms with Gasteiger partial charge in [-0.05, 0) is 47.6 Å². The predicted molar refractivity (Wildman–Crippen MR) is 118 cm³/mol. The number of benzene rings is 2. The van der Waals surface area contributed by atoms with Gasteiger partial charge in [-0.1, -0.05) is 49.3 Å². The maximum Gasteiger partial charge on any atom is 0.258 e. The van der Waals surface area contributed by atoms with Crippen molar-refractivity contribution in [2.75, 3.05) is 19.7 Å². The highest BCUT2D eigenvalue weighted by atomic mass is 16.5. The third-order valence-corrected chi connectivity index (χ3v) is 6.80. The molecular weight excluding hydrogens is 390 g/mol. The van der Waals surface area contributed by atoms with Crippen LogP contribution in [0.15, 0.2) is 47.0 Å². The molecule has 1 aromatic heterocycles. The Balaban J connectivity index is 1.46. The molecule has 0 bridgehead atoms. The lowest BCUT2D eigenvalue weighted by molar-refractivity contribution is -0.128. The molecule has 1 aliphatic heterocycles. The number of aliphatic hydroxyl groups excluding tert-OH is 1. The fourth-order valence-electron chi connectivity index (χ4n) is 5.11. The van der Waals surface area contributed by atoms with E-state index in [1.165, 1.54) is 16.7 Å². The van der Waals surface area contributed by atoms with E-state index in [0.29, 0.717) is 37.1 Å². The third-order valence-electron chi connectivity index (χ3n) is 6.80. The Morgan fingerprint density at radius 1 is 1.19 bits per heavy atom. The molecule has 160 valence electrons. The number of amides is 1. The summed E-state index contributed by atoms with van der Waals surface area (Å²) < 4.78 is 5.60. The Hall–Kier alpha value is -2.99. The maximum atomic E-state index is 12.5. The van der Waals surface area contributed by atoms with Gasteiger partial charge in [0.05, 0.1) is 6.61 Å². The first-order valence-corrected chi connectivity index (χ1v) is 11.0. The second-order valence-electron chi connectivity index (χ2n) is 9.03. The first-order valence-electron chi connectivity index (χ1n) is 11.0. The van der Waals surface area contributed by atoms with Crippen molar-refractivity contribution in [3.8, 4) is 22.8 Å². The molecule has 1 aliphatic carbocycles. The molecule has 5 rings (SSSR count). The van der Waals surface area contributed by atoms with Crippen LogP contribution in [0, 0.1) is 0 Å². The van der Waals surface area contributed by atoms with Gasteiger partial charge in [-0.2, -0.15) is 4.98 Å². The van der Waals surface area contributed by atoms with Gasteiger partial charge in [0.15, 0.2) is 0 Å². The molecule has 6 heteroatoms. The number of likely N-dealkylation sites (tertiary alicyclic amines) is 1. The average Bonchev–Trinajstić information content (AvgIpc) is 3.47. The first-order chi connectivity index (χ1) is 15.0. The van der Waals surface area contributed by atoms with Crippen molar-refractivity contribution in [1.82, 2.24) is 15.0 Å².